The summed E-state index contributed by atoms with van der Waals surface area (Å²) >= 11 is 0. The molecular formula is C58H98O6. The molecule has 366 valence electrons. The molecule has 6 heteroatoms. The third-order valence-corrected chi connectivity index (χ3v) is 11.1. The average molecular weight is 891 g/mol. The molecule has 0 aliphatic rings. The van der Waals surface area contributed by atoms with Crippen LogP contribution in [0.1, 0.15) is 245 Å². The van der Waals surface area contributed by atoms with Crippen LogP contribution in [0.25, 0.3) is 0 Å². The molecule has 1 unspecified atom stereocenters. The fraction of sp³-hybridized carbons (Fsp3) is 0.707. The highest BCUT2D eigenvalue weighted by atomic mass is 16.6. The molecule has 6 nitrogen and oxygen atoms in total. The van der Waals surface area contributed by atoms with Gasteiger partial charge in [0.1, 0.15) is 13.2 Å². The summed E-state index contributed by atoms with van der Waals surface area (Å²) < 4.78 is 16.8. The van der Waals surface area contributed by atoms with Gasteiger partial charge in [0.25, 0.3) is 0 Å². The Balaban J connectivity index is 4.41. The maximum atomic E-state index is 12.8. The van der Waals surface area contributed by atoms with E-state index in [-0.39, 0.29) is 31.1 Å². The molecule has 0 aromatic carbocycles. The summed E-state index contributed by atoms with van der Waals surface area (Å²) in [5, 5.41) is 0. The van der Waals surface area contributed by atoms with Crippen molar-refractivity contribution in [3.63, 3.8) is 0 Å². The van der Waals surface area contributed by atoms with E-state index in [0.29, 0.717) is 19.3 Å². The molecule has 0 N–H and O–H groups in total. The Hall–Kier alpha value is -3.41. The minimum atomic E-state index is -0.789. The first-order valence-corrected chi connectivity index (χ1v) is 26.6. The zero-order valence-electron chi connectivity index (χ0n) is 41.8. The molecule has 0 aliphatic heterocycles. The summed E-state index contributed by atoms with van der Waals surface area (Å²) in [6.07, 6.45) is 67.0. The lowest BCUT2D eigenvalue weighted by molar-refractivity contribution is -0.167. The SMILES string of the molecule is CC/C=C\C/C=C\C/C=C\CCCCCCCCCC(=O)OCC(COC(=O)CCCCCCC/C=C\CCCCC)OC(=O)CCCCCCCCC/C=C\C/C=C\C/C=C\CC. The van der Waals surface area contributed by atoms with Crippen molar-refractivity contribution in [2.24, 2.45) is 0 Å². The van der Waals surface area contributed by atoms with Gasteiger partial charge in [-0.15, -0.1) is 0 Å². The van der Waals surface area contributed by atoms with Gasteiger partial charge in [0.2, 0.25) is 0 Å². The van der Waals surface area contributed by atoms with E-state index in [9.17, 15) is 14.4 Å². The lowest BCUT2D eigenvalue weighted by Gasteiger charge is -2.18. The molecule has 0 rings (SSSR count). The minimum Gasteiger partial charge on any atom is -0.462 e. The zero-order valence-corrected chi connectivity index (χ0v) is 41.8. The number of esters is 3. The number of allylic oxidation sites excluding steroid dienone is 14. The first-order chi connectivity index (χ1) is 31.5. The van der Waals surface area contributed by atoms with Crippen LogP contribution in [0.5, 0.6) is 0 Å². The number of carbonyl (C=O) groups is 3. The van der Waals surface area contributed by atoms with Crippen molar-refractivity contribution in [2.45, 2.75) is 252 Å². The second kappa shape index (κ2) is 52.2. The van der Waals surface area contributed by atoms with Crippen LogP contribution in [-0.4, -0.2) is 37.2 Å². The fourth-order valence-electron chi connectivity index (χ4n) is 7.17. The molecular weight excluding hydrogens is 793 g/mol. The third kappa shape index (κ3) is 49.6. The maximum absolute atomic E-state index is 12.8. The van der Waals surface area contributed by atoms with Crippen LogP contribution in [0.3, 0.4) is 0 Å². The van der Waals surface area contributed by atoms with Crippen molar-refractivity contribution >= 4 is 17.9 Å². The van der Waals surface area contributed by atoms with Gasteiger partial charge in [-0.05, 0) is 109 Å². The zero-order chi connectivity index (χ0) is 46.5. The van der Waals surface area contributed by atoms with Gasteiger partial charge in [0.15, 0.2) is 6.10 Å². The van der Waals surface area contributed by atoms with Gasteiger partial charge in [-0.3, -0.25) is 14.4 Å². The summed E-state index contributed by atoms with van der Waals surface area (Å²) in [7, 11) is 0. The molecule has 0 fully saturated rings. The summed E-state index contributed by atoms with van der Waals surface area (Å²) in [5.74, 6) is -0.916. The van der Waals surface area contributed by atoms with E-state index in [0.717, 1.165) is 116 Å². The number of hydrogen-bond donors (Lipinski definition) is 0. The monoisotopic (exact) mass is 891 g/mol. The number of ether oxygens (including phenoxy) is 3. The van der Waals surface area contributed by atoms with Gasteiger partial charge >= 0.3 is 17.9 Å². The van der Waals surface area contributed by atoms with E-state index < -0.39 is 6.10 Å². The largest absolute Gasteiger partial charge is 0.462 e. The van der Waals surface area contributed by atoms with Crippen LogP contribution in [0, 0.1) is 0 Å². The molecule has 0 heterocycles. The van der Waals surface area contributed by atoms with Crippen LogP contribution in [0.15, 0.2) is 85.1 Å². The van der Waals surface area contributed by atoms with Gasteiger partial charge in [0.05, 0.1) is 0 Å². The smallest absolute Gasteiger partial charge is 0.306 e. The predicted molar refractivity (Wildman–Crippen MR) is 274 cm³/mol. The molecule has 0 aromatic rings. The Morgan fingerprint density at radius 3 is 0.969 bits per heavy atom. The lowest BCUT2D eigenvalue weighted by Crippen LogP contribution is -2.30. The predicted octanol–water partition coefficient (Wildman–Crippen LogP) is 17.6. The van der Waals surface area contributed by atoms with Crippen molar-refractivity contribution in [3.05, 3.63) is 85.1 Å². The summed E-state index contributed by atoms with van der Waals surface area (Å²) in [4.78, 5) is 38.0. The molecule has 0 spiro atoms. The number of carbonyl (C=O) groups excluding carboxylic acids is 3. The highest BCUT2D eigenvalue weighted by molar-refractivity contribution is 5.71. The van der Waals surface area contributed by atoms with Crippen LogP contribution in [-0.2, 0) is 28.6 Å². The second-order valence-corrected chi connectivity index (χ2v) is 17.4. The number of rotatable bonds is 47. The quantitative estimate of drug-likeness (QED) is 0.0262. The van der Waals surface area contributed by atoms with E-state index in [2.05, 4.69) is 106 Å². The standard InChI is InChI=1S/C58H98O6/c1-4-7-10-13-16-19-22-25-27-29-31-33-36-39-42-45-48-51-57(60)63-54-55(53-62-56(59)50-47-44-41-38-35-24-21-18-15-12-9-6-3)64-58(61)52-49-46-43-40-37-34-32-30-28-26-23-20-17-14-11-8-5-2/h7-8,10-11,16-21,25-28,55H,4-6,9,12-15,22-24,29-54H2,1-3H3/b10-7-,11-8-,19-16-,20-17-,21-18-,27-25-,28-26-. The summed E-state index contributed by atoms with van der Waals surface area (Å²) in [5.41, 5.74) is 0. The van der Waals surface area contributed by atoms with E-state index >= 15 is 0 Å². The molecule has 0 radical (unpaired) electrons. The van der Waals surface area contributed by atoms with Gasteiger partial charge in [-0.1, -0.05) is 202 Å². The maximum Gasteiger partial charge on any atom is 0.306 e. The topological polar surface area (TPSA) is 78.9 Å². The molecule has 1 atom stereocenters. The first kappa shape index (κ1) is 60.6. The van der Waals surface area contributed by atoms with Gasteiger partial charge in [0, 0.05) is 19.3 Å². The van der Waals surface area contributed by atoms with E-state index in [1.807, 2.05) is 0 Å². The summed E-state index contributed by atoms with van der Waals surface area (Å²) in [6.45, 7) is 6.37. The van der Waals surface area contributed by atoms with E-state index in [1.165, 1.54) is 89.9 Å². The fourth-order valence-corrected chi connectivity index (χ4v) is 7.17. The van der Waals surface area contributed by atoms with E-state index in [1.54, 1.807) is 0 Å². The van der Waals surface area contributed by atoms with Crippen molar-refractivity contribution in [2.75, 3.05) is 13.2 Å². The molecule has 0 saturated carbocycles. The highest BCUT2D eigenvalue weighted by Gasteiger charge is 2.19. The Bertz CT molecular complexity index is 1250. The molecule has 0 aliphatic carbocycles. The second-order valence-electron chi connectivity index (χ2n) is 17.4. The summed E-state index contributed by atoms with van der Waals surface area (Å²) in [6, 6.07) is 0. The van der Waals surface area contributed by atoms with Gasteiger partial charge in [-0.25, -0.2) is 0 Å². The Kier molecular flexibility index (Phi) is 49.4. The highest BCUT2D eigenvalue weighted by Crippen LogP contribution is 2.14. The molecule has 0 aromatic heterocycles. The van der Waals surface area contributed by atoms with E-state index in [4.69, 9.17) is 14.2 Å². The van der Waals surface area contributed by atoms with Gasteiger partial charge in [-0.2, -0.15) is 0 Å². The van der Waals surface area contributed by atoms with Gasteiger partial charge < -0.3 is 14.2 Å². The Labute approximate surface area is 395 Å². The van der Waals surface area contributed by atoms with Crippen LogP contribution in [0.2, 0.25) is 0 Å². The Morgan fingerprint density at radius 1 is 0.328 bits per heavy atom. The van der Waals surface area contributed by atoms with Crippen molar-refractivity contribution in [3.8, 4) is 0 Å². The molecule has 0 saturated heterocycles. The van der Waals surface area contributed by atoms with Crippen LogP contribution < -0.4 is 0 Å². The minimum absolute atomic E-state index is 0.0885. The third-order valence-electron chi connectivity index (χ3n) is 11.1. The average Bonchev–Trinajstić information content (AvgIpc) is 3.29. The Morgan fingerprint density at radius 2 is 0.609 bits per heavy atom. The van der Waals surface area contributed by atoms with Crippen molar-refractivity contribution in [1.29, 1.82) is 0 Å². The van der Waals surface area contributed by atoms with Crippen molar-refractivity contribution < 1.29 is 28.6 Å². The van der Waals surface area contributed by atoms with Crippen LogP contribution in [0.4, 0.5) is 0 Å². The molecule has 64 heavy (non-hydrogen) atoms. The van der Waals surface area contributed by atoms with Crippen LogP contribution >= 0.6 is 0 Å². The van der Waals surface area contributed by atoms with Crippen molar-refractivity contribution in [1.82, 2.24) is 0 Å². The normalized spacial score (nSPS) is 12.7. The number of unbranched alkanes of at least 4 members (excludes halogenated alkanes) is 22. The molecule has 0 bridgehead atoms. The lowest BCUT2D eigenvalue weighted by atomic mass is 10.1. The number of hydrogen-bond acceptors (Lipinski definition) is 6. The first-order valence-electron chi connectivity index (χ1n) is 26.6. The molecule has 0 amide bonds.